The topological polar surface area (TPSA) is 12.9 Å². The van der Waals surface area contributed by atoms with E-state index in [0.717, 1.165) is 10.4 Å². The van der Waals surface area contributed by atoms with Crippen LogP contribution in [0.15, 0.2) is 11.6 Å². The molecule has 2 atom stereocenters. The quantitative estimate of drug-likeness (QED) is 0.609. The summed E-state index contributed by atoms with van der Waals surface area (Å²) in [4.78, 5) is 4.51. The summed E-state index contributed by atoms with van der Waals surface area (Å²) in [6, 6.07) is 0. The van der Waals surface area contributed by atoms with Gasteiger partial charge in [0.2, 0.25) is 0 Å². The van der Waals surface area contributed by atoms with Crippen molar-refractivity contribution in [3.63, 3.8) is 0 Å². The van der Waals surface area contributed by atoms with Crippen molar-refractivity contribution >= 4 is 32.7 Å². The van der Waals surface area contributed by atoms with Crippen LogP contribution in [0.25, 0.3) is 12.2 Å². The average Bonchev–Trinajstić information content (AvgIpc) is 2.23. The van der Waals surface area contributed by atoms with E-state index < -0.39 is 0 Å². The van der Waals surface area contributed by atoms with E-state index in [1.807, 2.05) is 0 Å². The van der Waals surface area contributed by atoms with Gasteiger partial charge in [-0.1, -0.05) is 17.7 Å². The number of fused-ring (bicyclic) bond motifs is 1. The van der Waals surface area contributed by atoms with Crippen molar-refractivity contribution in [3.8, 4) is 0 Å². The first-order valence-corrected chi connectivity index (χ1v) is 6.02. The standard InChI is InChI=1S/C11H14NPS/c1-7-4-9-10(14-8(2)12-9)6-11(3,13)5-7/h4-6H,13H2,1-3H3. The van der Waals surface area contributed by atoms with Crippen molar-refractivity contribution in [1.29, 1.82) is 0 Å². The number of aryl methyl sites for hydroxylation is 1. The van der Waals surface area contributed by atoms with Gasteiger partial charge < -0.3 is 0 Å². The van der Waals surface area contributed by atoms with E-state index in [-0.39, 0.29) is 5.16 Å². The van der Waals surface area contributed by atoms with Gasteiger partial charge in [-0.25, -0.2) is 4.98 Å². The molecule has 3 heteroatoms. The molecule has 1 aliphatic carbocycles. The number of aromatic nitrogens is 1. The van der Waals surface area contributed by atoms with Crippen molar-refractivity contribution in [1.82, 2.24) is 4.98 Å². The fourth-order valence-electron chi connectivity index (χ4n) is 1.74. The molecule has 1 heterocycles. The second-order valence-electron chi connectivity index (χ2n) is 4.03. The molecule has 0 radical (unpaired) electrons. The van der Waals surface area contributed by atoms with Gasteiger partial charge in [0.25, 0.3) is 0 Å². The van der Waals surface area contributed by atoms with Crippen LogP contribution in [0.3, 0.4) is 0 Å². The van der Waals surface area contributed by atoms with Crippen LogP contribution < -0.4 is 9.88 Å². The van der Waals surface area contributed by atoms with E-state index in [1.165, 1.54) is 10.1 Å². The van der Waals surface area contributed by atoms with Crippen LogP contribution in [0.4, 0.5) is 0 Å². The van der Waals surface area contributed by atoms with Gasteiger partial charge in [0, 0.05) is 5.16 Å². The number of allylic oxidation sites excluding steroid dienone is 2. The lowest BCUT2D eigenvalue weighted by atomic mass is 10.1. The van der Waals surface area contributed by atoms with Gasteiger partial charge in [-0.3, -0.25) is 0 Å². The maximum Gasteiger partial charge on any atom is 0.0907 e. The molecule has 0 saturated carbocycles. The summed E-state index contributed by atoms with van der Waals surface area (Å²) in [6.45, 7) is 6.37. The fraction of sp³-hybridized carbons (Fsp3) is 0.364. The lowest BCUT2D eigenvalue weighted by Gasteiger charge is -2.13. The third-order valence-corrected chi connectivity index (χ3v) is 3.40. The molecule has 0 saturated heterocycles. The summed E-state index contributed by atoms with van der Waals surface area (Å²) in [5, 5.41) is 2.32. The van der Waals surface area contributed by atoms with E-state index in [9.17, 15) is 0 Å². The van der Waals surface area contributed by atoms with E-state index in [0.29, 0.717) is 0 Å². The van der Waals surface area contributed by atoms with Crippen LogP contribution >= 0.6 is 20.6 Å². The highest BCUT2D eigenvalue weighted by Gasteiger charge is 2.13. The first-order valence-electron chi connectivity index (χ1n) is 4.63. The van der Waals surface area contributed by atoms with Gasteiger partial charge in [0.15, 0.2) is 0 Å². The highest BCUT2D eigenvalue weighted by molar-refractivity contribution is 7.20. The molecule has 1 nitrogen and oxygen atoms in total. The smallest absolute Gasteiger partial charge is 0.0907 e. The highest BCUT2D eigenvalue weighted by atomic mass is 32.1. The van der Waals surface area contributed by atoms with Crippen LogP contribution in [0.1, 0.15) is 18.9 Å². The maximum absolute atomic E-state index is 4.51. The summed E-state index contributed by atoms with van der Waals surface area (Å²) in [7, 11) is 2.88. The third-order valence-electron chi connectivity index (χ3n) is 2.13. The molecule has 1 aromatic rings. The minimum atomic E-state index is 0.0603. The molecule has 74 valence electrons. The zero-order chi connectivity index (χ0) is 10.3. The molecular formula is C11H14NPS. The summed E-state index contributed by atoms with van der Waals surface area (Å²) < 4.78 is 1.29. The Morgan fingerprint density at radius 3 is 2.79 bits per heavy atom. The summed E-state index contributed by atoms with van der Waals surface area (Å²) >= 11 is 1.76. The van der Waals surface area contributed by atoms with E-state index in [2.05, 4.69) is 53.2 Å². The Labute approximate surface area is 90.5 Å². The first kappa shape index (κ1) is 10.1. The minimum absolute atomic E-state index is 0.0603. The molecule has 0 aromatic carbocycles. The van der Waals surface area contributed by atoms with Crippen molar-refractivity contribution < 1.29 is 0 Å². The summed E-state index contributed by atoms with van der Waals surface area (Å²) in [5.41, 5.74) is 1.28. The first-order chi connectivity index (χ1) is 6.46. The molecule has 2 rings (SSSR count). The normalized spacial score (nSPS) is 25.6. The number of nitrogens with zero attached hydrogens (tertiary/aromatic N) is 1. The molecule has 1 aliphatic rings. The molecule has 0 spiro atoms. The zero-order valence-corrected chi connectivity index (χ0v) is 10.6. The molecule has 0 fully saturated rings. The minimum Gasteiger partial charge on any atom is -0.242 e. The van der Waals surface area contributed by atoms with Gasteiger partial charge in [-0.15, -0.1) is 20.6 Å². The molecule has 0 bridgehead atoms. The van der Waals surface area contributed by atoms with Crippen LogP contribution in [-0.2, 0) is 0 Å². The van der Waals surface area contributed by atoms with E-state index >= 15 is 0 Å². The lowest BCUT2D eigenvalue weighted by Crippen LogP contribution is -2.23. The van der Waals surface area contributed by atoms with E-state index in [4.69, 9.17) is 0 Å². The zero-order valence-electron chi connectivity index (χ0n) is 8.66. The average molecular weight is 223 g/mol. The van der Waals surface area contributed by atoms with Crippen LogP contribution in [0, 0.1) is 6.92 Å². The summed E-state index contributed by atoms with van der Waals surface area (Å²) in [5.74, 6) is 0. The predicted molar refractivity (Wildman–Crippen MR) is 66.9 cm³/mol. The number of hydrogen-bond donors (Lipinski definition) is 0. The van der Waals surface area contributed by atoms with Crippen LogP contribution in [0.5, 0.6) is 0 Å². The van der Waals surface area contributed by atoms with Gasteiger partial charge in [-0.05, 0) is 26.8 Å². The number of rotatable bonds is 0. The highest BCUT2D eigenvalue weighted by Crippen LogP contribution is 2.24. The Kier molecular flexibility index (Phi) is 2.36. The Morgan fingerprint density at radius 1 is 1.36 bits per heavy atom. The molecule has 1 aromatic heterocycles. The van der Waals surface area contributed by atoms with Crippen LogP contribution in [-0.4, -0.2) is 10.1 Å². The van der Waals surface area contributed by atoms with E-state index in [1.54, 1.807) is 11.3 Å². The van der Waals surface area contributed by atoms with Crippen molar-refractivity contribution in [2.24, 2.45) is 0 Å². The predicted octanol–water partition coefficient (Wildman–Crippen LogP) is 1.61. The molecule has 0 amide bonds. The van der Waals surface area contributed by atoms with Crippen molar-refractivity contribution in [3.05, 3.63) is 26.5 Å². The largest absolute Gasteiger partial charge is 0.242 e. The van der Waals surface area contributed by atoms with Crippen molar-refractivity contribution in [2.45, 2.75) is 25.9 Å². The third kappa shape index (κ3) is 1.97. The number of thiazole rings is 1. The Morgan fingerprint density at radius 2 is 2.07 bits per heavy atom. The molecular weight excluding hydrogens is 209 g/mol. The maximum atomic E-state index is 4.51. The Balaban J connectivity index is 2.79. The Bertz CT molecular complexity index is 508. The second kappa shape index (κ2) is 3.29. The summed E-state index contributed by atoms with van der Waals surface area (Å²) in [6.07, 6.45) is 6.68. The lowest BCUT2D eigenvalue weighted by molar-refractivity contribution is 1.06. The van der Waals surface area contributed by atoms with Gasteiger partial charge in [0.1, 0.15) is 0 Å². The number of hydrogen-bond acceptors (Lipinski definition) is 2. The SMILES string of the molecule is CC1=CC(C)(P)C=c2sc(C)nc2=C1. The van der Waals surface area contributed by atoms with Gasteiger partial charge in [-0.2, -0.15) is 0 Å². The molecule has 0 aliphatic heterocycles. The molecule has 0 N–H and O–H groups in total. The van der Waals surface area contributed by atoms with Gasteiger partial charge in [0.05, 0.1) is 14.9 Å². The second-order valence-corrected chi connectivity index (χ2v) is 6.50. The monoisotopic (exact) mass is 223 g/mol. The van der Waals surface area contributed by atoms with Crippen LogP contribution in [0.2, 0.25) is 0 Å². The Hall–Kier alpha value is -0.460. The van der Waals surface area contributed by atoms with Crippen molar-refractivity contribution in [2.75, 3.05) is 0 Å². The fourth-order valence-corrected chi connectivity index (χ4v) is 3.27. The molecule has 14 heavy (non-hydrogen) atoms. The van der Waals surface area contributed by atoms with Gasteiger partial charge >= 0.3 is 0 Å². The molecule has 2 unspecified atom stereocenters.